The van der Waals surface area contributed by atoms with Gasteiger partial charge in [-0.3, -0.25) is 9.69 Å². The van der Waals surface area contributed by atoms with Crippen molar-refractivity contribution in [2.45, 2.75) is 20.3 Å². The van der Waals surface area contributed by atoms with Crippen LogP contribution in [-0.4, -0.2) is 49.3 Å². The number of pyridine rings is 1. The Hall–Kier alpha value is -3.41. The summed E-state index contributed by atoms with van der Waals surface area (Å²) in [6.45, 7) is 14.1. The third-order valence-electron chi connectivity index (χ3n) is 6.61. The van der Waals surface area contributed by atoms with Crippen LogP contribution in [0.1, 0.15) is 41.2 Å². The zero-order chi connectivity index (χ0) is 24.6. The number of hydrogen-bond donors (Lipinski definition) is 2. The predicted octanol–water partition coefficient (Wildman–Crippen LogP) is 4.94. The first-order chi connectivity index (χ1) is 17.0. The summed E-state index contributed by atoms with van der Waals surface area (Å²) in [6, 6.07) is 20.5. The van der Waals surface area contributed by atoms with E-state index in [2.05, 4.69) is 59.0 Å². The highest BCUT2D eigenvalue weighted by Gasteiger charge is 2.16. The second-order valence-corrected chi connectivity index (χ2v) is 9.02. The van der Waals surface area contributed by atoms with Crippen LogP contribution >= 0.6 is 0 Å². The molecule has 0 unspecified atom stereocenters. The van der Waals surface area contributed by atoms with Gasteiger partial charge in [0.1, 0.15) is 0 Å². The molecule has 1 aliphatic heterocycles. The summed E-state index contributed by atoms with van der Waals surface area (Å²) in [4.78, 5) is 17.9. The fourth-order valence-corrected chi connectivity index (χ4v) is 4.58. The first-order valence-corrected chi connectivity index (χ1v) is 12.3. The number of aryl methyl sites for hydroxylation is 1. The van der Waals surface area contributed by atoms with Gasteiger partial charge in [-0.25, -0.2) is 0 Å². The molecule has 5 nitrogen and oxygen atoms in total. The van der Waals surface area contributed by atoms with E-state index >= 15 is 0 Å². The molecule has 1 aromatic heterocycles. The molecule has 3 aromatic rings. The zero-order valence-corrected chi connectivity index (χ0v) is 20.8. The van der Waals surface area contributed by atoms with Crippen LogP contribution in [0.3, 0.4) is 0 Å². The summed E-state index contributed by atoms with van der Waals surface area (Å²) in [5, 5.41) is 3.51. The number of aromatic nitrogens is 1. The lowest BCUT2D eigenvalue weighted by Crippen LogP contribution is -2.37. The molecule has 0 saturated carbocycles. The normalized spacial score (nSPS) is 14.9. The molecular weight excluding hydrogens is 434 g/mol. The second kappa shape index (κ2) is 11.8. The highest BCUT2D eigenvalue weighted by Crippen LogP contribution is 2.34. The van der Waals surface area contributed by atoms with Crippen molar-refractivity contribution in [2.75, 3.05) is 39.4 Å². The first-order valence-electron chi connectivity index (χ1n) is 12.3. The predicted molar refractivity (Wildman–Crippen MR) is 145 cm³/mol. The van der Waals surface area contributed by atoms with Crippen molar-refractivity contribution < 1.29 is 4.74 Å². The van der Waals surface area contributed by atoms with Crippen molar-refractivity contribution in [2.24, 2.45) is 0 Å². The minimum atomic E-state index is -0.0846. The van der Waals surface area contributed by atoms with Crippen molar-refractivity contribution >= 4 is 16.8 Å². The third kappa shape index (κ3) is 6.18. The van der Waals surface area contributed by atoms with E-state index in [0.29, 0.717) is 5.56 Å². The maximum Gasteiger partial charge on any atom is 0.255 e. The van der Waals surface area contributed by atoms with E-state index in [1.165, 1.54) is 0 Å². The molecule has 0 bridgehead atoms. The molecule has 5 heteroatoms. The molecule has 0 amide bonds. The molecule has 2 aromatic carbocycles. The lowest BCUT2D eigenvalue weighted by atomic mass is 9.87. The Morgan fingerprint density at radius 2 is 1.80 bits per heavy atom. The molecule has 1 aliphatic rings. The van der Waals surface area contributed by atoms with Gasteiger partial charge in [0.15, 0.2) is 0 Å². The highest BCUT2D eigenvalue weighted by molar-refractivity contribution is 5.98. The van der Waals surface area contributed by atoms with Crippen LogP contribution in [0.4, 0.5) is 0 Å². The molecule has 1 fully saturated rings. The number of rotatable bonds is 9. The average Bonchev–Trinajstić information content (AvgIpc) is 2.89. The highest BCUT2D eigenvalue weighted by atomic mass is 16.5. The molecule has 1 saturated heterocycles. The minimum Gasteiger partial charge on any atom is -0.385 e. The summed E-state index contributed by atoms with van der Waals surface area (Å²) in [6.07, 6.45) is 2.73. The Morgan fingerprint density at radius 3 is 2.54 bits per heavy atom. The summed E-state index contributed by atoms with van der Waals surface area (Å²) in [5.41, 5.74) is 7.90. The Labute approximate surface area is 208 Å². The Balaban J connectivity index is 1.60. The van der Waals surface area contributed by atoms with Crippen LogP contribution in [0.5, 0.6) is 0 Å². The number of aromatic amines is 1. The van der Waals surface area contributed by atoms with Gasteiger partial charge in [-0.2, -0.15) is 0 Å². The Kier molecular flexibility index (Phi) is 8.35. The van der Waals surface area contributed by atoms with Gasteiger partial charge in [-0.15, -0.1) is 0 Å². The van der Waals surface area contributed by atoms with E-state index in [-0.39, 0.29) is 5.56 Å². The van der Waals surface area contributed by atoms with Gasteiger partial charge in [0.05, 0.1) is 13.2 Å². The largest absolute Gasteiger partial charge is 0.385 e. The van der Waals surface area contributed by atoms with Gasteiger partial charge in [-0.1, -0.05) is 49.0 Å². The standard InChI is InChI=1S/C30H35N3O2/c1-22-12-13-26(24(3)31-15-8-16-33-17-19-35-20-18-33)21-28(22)29(25-9-5-4-6-10-25)23(2)27-11-7-14-32-30(27)34/h4-7,9-14,21,31H,3,8,15-20H2,1-2H3,(H,32,34)/b29-23+. The van der Waals surface area contributed by atoms with Crippen LogP contribution in [-0.2, 0) is 4.74 Å². The van der Waals surface area contributed by atoms with Gasteiger partial charge in [0, 0.05) is 37.1 Å². The molecule has 2 heterocycles. The molecule has 0 spiro atoms. The molecule has 0 radical (unpaired) electrons. The maximum absolute atomic E-state index is 12.6. The number of H-pyrrole nitrogens is 1. The van der Waals surface area contributed by atoms with Crippen LogP contribution in [0, 0.1) is 6.92 Å². The number of benzene rings is 2. The number of nitrogens with one attached hydrogen (secondary N) is 2. The van der Waals surface area contributed by atoms with Gasteiger partial charge in [0.25, 0.3) is 5.56 Å². The summed E-state index contributed by atoms with van der Waals surface area (Å²) in [5.74, 6) is 0. The molecule has 0 aliphatic carbocycles. The summed E-state index contributed by atoms with van der Waals surface area (Å²) < 4.78 is 5.43. The van der Waals surface area contributed by atoms with E-state index in [4.69, 9.17) is 4.74 Å². The number of allylic oxidation sites excluding steroid dienone is 1. The van der Waals surface area contributed by atoms with Crippen molar-refractivity contribution in [1.82, 2.24) is 15.2 Å². The lowest BCUT2D eigenvalue weighted by molar-refractivity contribution is 0.0376. The molecule has 4 rings (SSSR count). The van der Waals surface area contributed by atoms with Gasteiger partial charge in [0.2, 0.25) is 0 Å². The van der Waals surface area contributed by atoms with Crippen LogP contribution in [0.2, 0.25) is 0 Å². The number of morpholine rings is 1. The minimum absolute atomic E-state index is 0.0846. The second-order valence-electron chi connectivity index (χ2n) is 9.02. The molecule has 182 valence electrons. The molecule has 2 N–H and O–H groups in total. The van der Waals surface area contributed by atoms with Crippen molar-refractivity contribution in [1.29, 1.82) is 0 Å². The monoisotopic (exact) mass is 469 g/mol. The molecule has 0 atom stereocenters. The van der Waals surface area contributed by atoms with Crippen molar-refractivity contribution in [3.8, 4) is 0 Å². The lowest BCUT2D eigenvalue weighted by Gasteiger charge is -2.26. The number of hydrogen-bond acceptors (Lipinski definition) is 4. The molecule has 35 heavy (non-hydrogen) atoms. The van der Waals surface area contributed by atoms with Crippen LogP contribution in [0.25, 0.3) is 16.8 Å². The fraction of sp³-hybridized carbons (Fsp3) is 0.300. The smallest absolute Gasteiger partial charge is 0.255 e. The fourth-order valence-electron chi connectivity index (χ4n) is 4.58. The van der Waals surface area contributed by atoms with Crippen LogP contribution in [0.15, 0.2) is 78.2 Å². The quantitative estimate of drug-likeness (QED) is 0.436. The van der Waals surface area contributed by atoms with Gasteiger partial charge >= 0.3 is 0 Å². The SMILES string of the molecule is C=C(NCCCN1CCOCC1)c1ccc(C)c(/C(=C(\C)c2ccc[nH]c2=O)c2ccccc2)c1. The van der Waals surface area contributed by atoms with E-state index in [1.54, 1.807) is 6.20 Å². The maximum atomic E-state index is 12.6. The van der Waals surface area contributed by atoms with E-state index in [0.717, 1.165) is 84.9 Å². The third-order valence-corrected chi connectivity index (χ3v) is 6.61. The number of ether oxygens (including phenoxy) is 1. The van der Waals surface area contributed by atoms with E-state index in [1.807, 2.05) is 37.3 Å². The summed E-state index contributed by atoms with van der Waals surface area (Å²) >= 11 is 0. The van der Waals surface area contributed by atoms with Crippen LogP contribution < -0.4 is 10.9 Å². The average molecular weight is 470 g/mol. The van der Waals surface area contributed by atoms with Gasteiger partial charge in [-0.05, 0) is 78.4 Å². The molecular formula is C30H35N3O2. The van der Waals surface area contributed by atoms with Crippen molar-refractivity contribution in [3.05, 3.63) is 112 Å². The first kappa shape index (κ1) is 24.7. The Bertz CT molecular complexity index is 1240. The summed E-state index contributed by atoms with van der Waals surface area (Å²) in [7, 11) is 0. The number of nitrogens with zero attached hydrogens (tertiary/aromatic N) is 1. The van der Waals surface area contributed by atoms with E-state index in [9.17, 15) is 4.79 Å². The van der Waals surface area contributed by atoms with Gasteiger partial charge < -0.3 is 15.0 Å². The zero-order valence-electron chi connectivity index (χ0n) is 20.8. The van der Waals surface area contributed by atoms with E-state index < -0.39 is 0 Å². The van der Waals surface area contributed by atoms with Crippen molar-refractivity contribution in [3.63, 3.8) is 0 Å². The Morgan fingerprint density at radius 1 is 1.03 bits per heavy atom. The topological polar surface area (TPSA) is 57.4 Å².